The van der Waals surface area contributed by atoms with Crippen LogP contribution in [-0.4, -0.2) is 23.8 Å². The Kier molecular flexibility index (Phi) is 6.63. The largest absolute Gasteiger partial charge is 0.444 e. The first-order chi connectivity index (χ1) is 11.2. The predicted molar refractivity (Wildman–Crippen MR) is 94.3 cm³/mol. The first kappa shape index (κ1) is 19.2. The Balaban J connectivity index is 1.92. The molecule has 2 rings (SSSR count). The van der Waals surface area contributed by atoms with Gasteiger partial charge in [-0.25, -0.2) is 9.18 Å². The summed E-state index contributed by atoms with van der Waals surface area (Å²) in [6.07, 6.45) is 3.20. The van der Waals surface area contributed by atoms with Crippen molar-refractivity contribution in [1.29, 1.82) is 0 Å². The summed E-state index contributed by atoms with van der Waals surface area (Å²) in [5.74, 6) is -0.295. The molecule has 4 nitrogen and oxygen atoms in total. The van der Waals surface area contributed by atoms with Crippen molar-refractivity contribution in [3.63, 3.8) is 0 Å². The lowest BCUT2D eigenvalue weighted by molar-refractivity contribution is -0.0122. The number of carbonyl (C=O) groups excluding carboxylic acids is 1. The summed E-state index contributed by atoms with van der Waals surface area (Å²) in [5, 5.41) is 2.90. The van der Waals surface area contributed by atoms with Gasteiger partial charge in [0.05, 0.1) is 18.8 Å². The van der Waals surface area contributed by atoms with Crippen LogP contribution in [0.15, 0.2) is 22.7 Å². The van der Waals surface area contributed by atoms with E-state index in [2.05, 4.69) is 21.2 Å². The Hall–Kier alpha value is -1.14. The maximum Gasteiger partial charge on any atom is 0.407 e. The molecule has 1 amide bonds. The second kappa shape index (κ2) is 8.30. The fourth-order valence-electron chi connectivity index (χ4n) is 2.76. The van der Waals surface area contributed by atoms with Gasteiger partial charge in [0, 0.05) is 10.0 Å². The van der Waals surface area contributed by atoms with Crippen LogP contribution in [0.25, 0.3) is 0 Å². The Morgan fingerprint density at radius 1 is 1.33 bits per heavy atom. The van der Waals surface area contributed by atoms with Crippen LogP contribution < -0.4 is 5.32 Å². The van der Waals surface area contributed by atoms with Gasteiger partial charge in [0.15, 0.2) is 0 Å². The summed E-state index contributed by atoms with van der Waals surface area (Å²) >= 11 is 3.24. The molecule has 2 atom stereocenters. The van der Waals surface area contributed by atoms with Gasteiger partial charge in [0.1, 0.15) is 11.4 Å². The fraction of sp³-hybridized carbons (Fsp3) is 0.611. The molecule has 0 aliphatic heterocycles. The van der Waals surface area contributed by atoms with Crippen LogP contribution in [0.2, 0.25) is 0 Å². The van der Waals surface area contributed by atoms with E-state index in [0.29, 0.717) is 10.0 Å². The molecule has 1 aliphatic rings. The molecule has 1 aliphatic carbocycles. The van der Waals surface area contributed by atoms with E-state index in [0.717, 1.165) is 25.7 Å². The number of amides is 1. The Labute approximate surface area is 151 Å². The average Bonchev–Trinajstić information content (AvgIpc) is 2.46. The summed E-state index contributed by atoms with van der Waals surface area (Å²) in [7, 11) is 0. The Morgan fingerprint density at radius 3 is 2.71 bits per heavy atom. The number of carbonyl (C=O) groups is 1. The van der Waals surface area contributed by atoms with Crippen molar-refractivity contribution < 1.29 is 18.7 Å². The fourth-order valence-corrected chi connectivity index (χ4v) is 3.09. The number of alkyl carbamates (subject to hydrolysis) is 1. The minimum Gasteiger partial charge on any atom is -0.444 e. The summed E-state index contributed by atoms with van der Waals surface area (Å²) in [5.41, 5.74) is -0.0184. The van der Waals surface area contributed by atoms with E-state index in [1.54, 1.807) is 12.1 Å². The van der Waals surface area contributed by atoms with Crippen molar-refractivity contribution >= 4 is 22.0 Å². The molecule has 1 aromatic rings. The molecule has 1 fully saturated rings. The van der Waals surface area contributed by atoms with Crippen LogP contribution in [0.5, 0.6) is 0 Å². The highest BCUT2D eigenvalue weighted by atomic mass is 79.9. The lowest BCUT2D eigenvalue weighted by Crippen LogP contribution is -2.47. The molecule has 0 bridgehead atoms. The zero-order valence-electron chi connectivity index (χ0n) is 14.4. The van der Waals surface area contributed by atoms with Gasteiger partial charge < -0.3 is 14.8 Å². The first-order valence-electron chi connectivity index (χ1n) is 8.29. The van der Waals surface area contributed by atoms with E-state index >= 15 is 0 Å². The van der Waals surface area contributed by atoms with Crippen LogP contribution in [0.4, 0.5) is 9.18 Å². The summed E-state index contributed by atoms with van der Waals surface area (Å²) in [6.45, 7) is 5.68. The molecule has 6 heteroatoms. The van der Waals surface area contributed by atoms with Crippen molar-refractivity contribution in [3.05, 3.63) is 34.1 Å². The van der Waals surface area contributed by atoms with E-state index in [9.17, 15) is 9.18 Å². The maximum absolute atomic E-state index is 13.9. The third-order valence-electron chi connectivity index (χ3n) is 3.87. The molecule has 134 valence electrons. The number of halogens is 2. The van der Waals surface area contributed by atoms with Crippen LogP contribution in [0, 0.1) is 5.82 Å². The van der Waals surface area contributed by atoms with Gasteiger partial charge in [0.25, 0.3) is 0 Å². The summed E-state index contributed by atoms with van der Waals surface area (Å²) in [4.78, 5) is 12.0. The average molecular weight is 402 g/mol. The van der Waals surface area contributed by atoms with Gasteiger partial charge in [-0.1, -0.05) is 34.8 Å². The molecule has 0 spiro atoms. The highest BCUT2D eigenvalue weighted by Crippen LogP contribution is 2.24. The number of hydrogen-bond donors (Lipinski definition) is 1. The van der Waals surface area contributed by atoms with Gasteiger partial charge >= 0.3 is 6.09 Å². The molecule has 1 saturated carbocycles. The third-order valence-corrected chi connectivity index (χ3v) is 4.37. The highest BCUT2D eigenvalue weighted by molar-refractivity contribution is 9.10. The number of ether oxygens (including phenoxy) is 2. The van der Waals surface area contributed by atoms with E-state index in [1.165, 1.54) is 6.07 Å². The standard InChI is InChI=1S/C18H25BrFNO3/c1-18(2,3)24-17(22)21-15-6-4-5-7-16(15)23-11-12-8-9-13(19)10-14(12)20/h8-10,15-16H,4-7,11H2,1-3H3,(H,21,22)/t15-,16-/m1/s1. The molecule has 0 radical (unpaired) electrons. The van der Waals surface area contributed by atoms with Crippen LogP contribution >= 0.6 is 15.9 Å². The summed E-state index contributed by atoms with van der Waals surface area (Å²) in [6, 6.07) is 4.82. The van der Waals surface area contributed by atoms with Crippen molar-refractivity contribution in [2.45, 2.75) is 70.8 Å². The Morgan fingerprint density at radius 2 is 2.04 bits per heavy atom. The molecular weight excluding hydrogens is 377 g/mol. The zero-order chi connectivity index (χ0) is 17.7. The first-order valence-corrected chi connectivity index (χ1v) is 9.09. The van der Waals surface area contributed by atoms with Crippen molar-refractivity contribution in [3.8, 4) is 0 Å². The van der Waals surface area contributed by atoms with Crippen LogP contribution in [-0.2, 0) is 16.1 Å². The van der Waals surface area contributed by atoms with E-state index < -0.39 is 11.7 Å². The maximum atomic E-state index is 13.9. The SMILES string of the molecule is CC(C)(C)OC(=O)N[C@@H]1CCCC[C@H]1OCc1ccc(Br)cc1F. The number of benzene rings is 1. The molecule has 0 unspecified atom stereocenters. The highest BCUT2D eigenvalue weighted by Gasteiger charge is 2.29. The van der Waals surface area contributed by atoms with Crippen molar-refractivity contribution in [2.75, 3.05) is 0 Å². The minimum absolute atomic E-state index is 0.105. The van der Waals surface area contributed by atoms with Crippen molar-refractivity contribution in [1.82, 2.24) is 5.32 Å². The second-order valence-electron chi connectivity index (χ2n) is 7.12. The van der Waals surface area contributed by atoms with Crippen molar-refractivity contribution in [2.24, 2.45) is 0 Å². The lowest BCUT2D eigenvalue weighted by Gasteiger charge is -2.32. The van der Waals surface area contributed by atoms with Gasteiger partial charge in [-0.2, -0.15) is 0 Å². The van der Waals surface area contributed by atoms with Gasteiger partial charge in [-0.3, -0.25) is 0 Å². The predicted octanol–water partition coefficient (Wildman–Crippen LogP) is 4.94. The van der Waals surface area contributed by atoms with E-state index in [4.69, 9.17) is 9.47 Å². The molecule has 0 heterocycles. The van der Waals surface area contributed by atoms with Gasteiger partial charge in [-0.05, 0) is 45.7 Å². The van der Waals surface area contributed by atoms with E-state index in [1.807, 2.05) is 20.8 Å². The van der Waals surface area contributed by atoms with Crippen LogP contribution in [0.3, 0.4) is 0 Å². The lowest BCUT2D eigenvalue weighted by atomic mass is 9.92. The van der Waals surface area contributed by atoms with Gasteiger partial charge in [0.2, 0.25) is 0 Å². The van der Waals surface area contributed by atoms with Crippen LogP contribution in [0.1, 0.15) is 52.0 Å². The quantitative estimate of drug-likeness (QED) is 0.776. The monoisotopic (exact) mass is 401 g/mol. The smallest absolute Gasteiger partial charge is 0.407 e. The molecule has 1 N–H and O–H groups in total. The van der Waals surface area contributed by atoms with Gasteiger partial charge in [-0.15, -0.1) is 0 Å². The molecular formula is C18H25BrFNO3. The molecule has 1 aromatic carbocycles. The number of rotatable bonds is 4. The topological polar surface area (TPSA) is 47.6 Å². The summed E-state index contributed by atoms with van der Waals surface area (Å²) < 4.78 is 25.8. The molecule has 0 aromatic heterocycles. The number of hydrogen-bond acceptors (Lipinski definition) is 3. The molecule has 24 heavy (non-hydrogen) atoms. The second-order valence-corrected chi connectivity index (χ2v) is 8.04. The minimum atomic E-state index is -0.532. The number of nitrogens with one attached hydrogen (secondary N) is 1. The molecule has 0 saturated heterocycles. The third kappa shape index (κ3) is 6.06. The Bertz CT molecular complexity index is 574. The zero-order valence-corrected chi connectivity index (χ0v) is 16.0. The van der Waals surface area contributed by atoms with E-state index in [-0.39, 0.29) is 24.6 Å². The normalized spacial score (nSPS) is 21.4.